The average molecular weight is 368 g/mol. The maximum absolute atomic E-state index is 12.7. The molecule has 4 rings (SSSR count). The minimum Gasteiger partial charge on any atom is -0.497 e. The Morgan fingerprint density at radius 1 is 1.22 bits per heavy atom. The van der Waals surface area contributed by atoms with Crippen LogP contribution in [0.3, 0.4) is 0 Å². The van der Waals surface area contributed by atoms with E-state index in [4.69, 9.17) is 4.74 Å². The van der Waals surface area contributed by atoms with Gasteiger partial charge in [0, 0.05) is 18.7 Å². The molecule has 2 saturated heterocycles. The highest BCUT2D eigenvalue weighted by Crippen LogP contribution is 2.37. The molecule has 2 aliphatic rings. The zero-order chi connectivity index (χ0) is 18.6. The van der Waals surface area contributed by atoms with Crippen LogP contribution < -0.4 is 4.74 Å². The average Bonchev–Trinajstić information content (AvgIpc) is 3.37. The molecule has 0 unspecified atom stereocenters. The Kier molecular flexibility index (Phi) is 5.43. The summed E-state index contributed by atoms with van der Waals surface area (Å²) in [4.78, 5) is 17.1. The van der Waals surface area contributed by atoms with Crippen molar-refractivity contribution in [1.82, 2.24) is 20.0 Å². The van der Waals surface area contributed by atoms with Gasteiger partial charge in [0.1, 0.15) is 5.75 Å². The molecule has 0 bridgehead atoms. The van der Waals surface area contributed by atoms with Crippen LogP contribution in [0.4, 0.5) is 0 Å². The summed E-state index contributed by atoms with van der Waals surface area (Å²) in [5.74, 6) is 1.10. The molecule has 1 atom stereocenters. The van der Waals surface area contributed by atoms with Crippen molar-refractivity contribution >= 4 is 5.91 Å². The van der Waals surface area contributed by atoms with Crippen LogP contribution in [0.2, 0.25) is 0 Å². The number of benzene rings is 1. The lowest BCUT2D eigenvalue weighted by Crippen LogP contribution is -2.42. The molecule has 144 valence electrons. The summed E-state index contributed by atoms with van der Waals surface area (Å²) in [6.07, 6.45) is 7.55. The van der Waals surface area contributed by atoms with Crippen molar-refractivity contribution < 1.29 is 9.53 Å². The van der Waals surface area contributed by atoms with E-state index in [1.54, 1.807) is 7.11 Å². The summed E-state index contributed by atoms with van der Waals surface area (Å²) in [5.41, 5.74) is 3.29. The van der Waals surface area contributed by atoms with Gasteiger partial charge in [-0.1, -0.05) is 12.1 Å². The highest BCUT2D eigenvalue weighted by Gasteiger charge is 2.32. The number of hydrogen-bond acceptors (Lipinski definition) is 4. The molecule has 1 N–H and O–H groups in total. The van der Waals surface area contributed by atoms with E-state index in [1.165, 1.54) is 6.42 Å². The number of rotatable bonds is 5. The quantitative estimate of drug-likeness (QED) is 0.880. The van der Waals surface area contributed by atoms with Gasteiger partial charge in [0.25, 0.3) is 0 Å². The lowest BCUT2D eigenvalue weighted by atomic mass is 10.0. The van der Waals surface area contributed by atoms with Crippen LogP contribution in [-0.2, 0) is 4.79 Å². The van der Waals surface area contributed by atoms with Crippen molar-refractivity contribution in [3.8, 4) is 16.9 Å². The van der Waals surface area contributed by atoms with Gasteiger partial charge in [-0.2, -0.15) is 5.10 Å². The summed E-state index contributed by atoms with van der Waals surface area (Å²) < 4.78 is 5.37. The number of H-pyrrole nitrogens is 1. The van der Waals surface area contributed by atoms with Gasteiger partial charge in [-0.3, -0.25) is 14.8 Å². The number of carbonyl (C=O) groups is 1. The minimum absolute atomic E-state index is 0.211. The third-order valence-electron chi connectivity index (χ3n) is 5.79. The Morgan fingerprint density at radius 2 is 2.07 bits per heavy atom. The third-order valence-corrected chi connectivity index (χ3v) is 5.79. The Labute approximate surface area is 160 Å². The fraction of sp³-hybridized carbons (Fsp3) is 0.524. The number of piperidine rings is 1. The Hall–Kier alpha value is -2.34. The van der Waals surface area contributed by atoms with Gasteiger partial charge in [-0.05, 0) is 56.3 Å². The summed E-state index contributed by atoms with van der Waals surface area (Å²) in [6.45, 7) is 3.29. The molecule has 0 saturated carbocycles. The first kappa shape index (κ1) is 18.0. The van der Waals surface area contributed by atoms with Gasteiger partial charge in [0.2, 0.25) is 5.91 Å². The third kappa shape index (κ3) is 3.86. The standard InChI is InChI=1S/C21H28N4O2/c1-27-17-8-5-7-16(13-17)18-14-22-23-21(18)19-9-6-12-25(19)15-20(26)24-10-3-2-4-11-24/h5,7-8,13-14,19H,2-4,6,9-12,15H2,1H3,(H,22,23)/t19-/m0/s1. The van der Waals surface area contributed by atoms with Crippen molar-refractivity contribution in [2.75, 3.05) is 33.3 Å². The first-order chi connectivity index (χ1) is 13.3. The molecule has 0 radical (unpaired) electrons. The van der Waals surface area contributed by atoms with E-state index in [0.717, 1.165) is 67.9 Å². The molecule has 1 aromatic carbocycles. The topological polar surface area (TPSA) is 61.5 Å². The molecule has 6 nitrogen and oxygen atoms in total. The van der Waals surface area contributed by atoms with Gasteiger partial charge in [-0.25, -0.2) is 0 Å². The van der Waals surface area contributed by atoms with Crippen molar-refractivity contribution in [2.45, 2.75) is 38.1 Å². The Balaban J connectivity index is 1.52. The number of ether oxygens (including phenoxy) is 1. The first-order valence-corrected chi connectivity index (χ1v) is 9.96. The Bertz CT molecular complexity index is 782. The van der Waals surface area contributed by atoms with E-state index in [-0.39, 0.29) is 11.9 Å². The highest BCUT2D eigenvalue weighted by molar-refractivity contribution is 5.78. The number of aromatic nitrogens is 2. The zero-order valence-corrected chi connectivity index (χ0v) is 16.0. The van der Waals surface area contributed by atoms with Crippen LogP contribution in [-0.4, -0.2) is 59.2 Å². The second-order valence-corrected chi connectivity index (χ2v) is 7.50. The van der Waals surface area contributed by atoms with Crippen LogP contribution in [0.15, 0.2) is 30.5 Å². The van der Waals surface area contributed by atoms with Crippen molar-refractivity contribution in [2.24, 2.45) is 0 Å². The first-order valence-electron chi connectivity index (χ1n) is 9.96. The second kappa shape index (κ2) is 8.13. The molecular formula is C21H28N4O2. The maximum Gasteiger partial charge on any atom is 0.236 e. The normalized spacial score (nSPS) is 20.8. The zero-order valence-electron chi connectivity index (χ0n) is 16.0. The monoisotopic (exact) mass is 368 g/mol. The van der Waals surface area contributed by atoms with E-state index in [1.807, 2.05) is 29.3 Å². The number of methoxy groups -OCH3 is 1. The molecule has 6 heteroatoms. The summed E-state index contributed by atoms with van der Waals surface area (Å²) >= 11 is 0. The van der Waals surface area contributed by atoms with Crippen LogP contribution >= 0.6 is 0 Å². The Morgan fingerprint density at radius 3 is 2.89 bits per heavy atom. The second-order valence-electron chi connectivity index (χ2n) is 7.50. The fourth-order valence-corrected chi connectivity index (χ4v) is 4.33. The van der Waals surface area contributed by atoms with E-state index in [2.05, 4.69) is 21.2 Å². The summed E-state index contributed by atoms with van der Waals surface area (Å²) in [7, 11) is 1.68. The van der Waals surface area contributed by atoms with Crippen molar-refractivity contribution in [3.05, 3.63) is 36.2 Å². The number of likely N-dealkylation sites (tertiary alicyclic amines) is 2. The molecule has 0 spiro atoms. The predicted octanol–water partition coefficient (Wildman–Crippen LogP) is 3.23. The van der Waals surface area contributed by atoms with Crippen molar-refractivity contribution in [3.63, 3.8) is 0 Å². The van der Waals surface area contributed by atoms with Crippen LogP contribution in [0.25, 0.3) is 11.1 Å². The van der Waals surface area contributed by atoms with Gasteiger partial charge < -0.3 is 9.64 Å². The fourth-order valence-electron chi connectivity index (χ4n) is 4.33. The molecule has 2 aliphatic heterocycles. The highest BCUT2D eigenvalue weighted by atomic mass is 16.5. The van der Waals surface area contributed by atoms with Gasteiger partial charge in [0.15, 0.2) is 0 Å². The largest absolute Gasteiger partial charge is 0.497 e. The maximum atomic E-state index is 12.7. The van der Waals surface area contributed by atoms with Gasteiger partial charge in [0.05, 0.1) is 31.6 Å². The van der Waals surface area contributed by atoms with Crippen LogP contribution in [0, 0.1) is 0 Å². The molecule has 2 aromatic rings. The molecule has 27 heavy (non-hydrogen) atoms. The number of carbonyl (C=O) groups excluding carboxylic acids is 1. The number of hydrogen-bond donors (Lipinski definition) is 1. The number of amides is 1. The van der Waals surface area contributed by atoms with E-state index < -0.39 is 0 Å². The van der Waals surface area contributed by atoms with E-state index in [9.17, 15) is 4.79 Å². The van der Waals surface area contributed by atoms with Gasteiger partial charge in [-0.15, -0.1) is 0 Å². The summed E-state index contributed by atoms with van der Waals surface area (Å²) in [6, 6.07) is 8.27. The number of nitrogens with zero attached hydrogens (tertiary/aromatic N) is 3. The lowest BCUT2D eigenvalue weighted by Gasteiger charge is -2.30. The molecule has 3 heterocycles. The smallest absolute Gasteiger partial charge is 0.236 e. The summed E-state index contributed by atoms with van der Waals surface area (Å²) in [5, 5.41) is 7.52. The molecule has 1 aromatic heterocycles. The van der Waals surface area contributed by atoms with Crippen LogP contribution in [0.5, 0.6) is 5.75 Å². The SMILES string of the molecule is COc1cccc(-c2cn[nH]c2[C@@H]2CCCN2CC(=O)N2CCCCC2)c1. The van der Waals surface area contributed by atoms with Crippen molar-refractivity contribution in [1.29, 1.82) is 0 Å². The van der Waals surface area contributed by atoms with E-state index in [0.29, 0.717) is 6.54 Å². The number of nitrogens with one attached hydrogen (secondary N) is 1. The van der Waals surface area contributed by atoms with Gasteiger partial charge >= 0.3 is 0 Å². The minimum atomic E-state index is 0.211. The van der Waals surface area contributed by atoms with Crippen LogP contribution in [0.1, 0.15) is 43.8 Å². The van der Waals surface area contributed by atoms with E-state index >= 15 is 0 Å². The molecule has 1 amide bonds. The predicted molar refractivity (Wildman–Crippen MR) is 105 cm³/mol. The molecular weight excluding hydrogens is 340 g/mol. The lowest BCUT2D eigenvalue weighted by molar-refractivity contribution is -0.133. The molecule has 2 fully saturated rings. The molecule has 0 aliphatic carbocycles. The number of aromatic amines is 1.